The zero-order chi connectivity index (χ0) is 14.5. The normalized spacial score (nSPS) is 31.6. The number of hydrogen-bond acceptors (Lipinski definition) is 3. The summed E-state index contributed by atoms with van der Waals surface area (Å²) in [4.78, 5) is 28.7. The molecule has 0 radical (unpaired) electrons. The van der Waals surface area contributed by atoms with Crippen LogP contribution in [0.25, 0.3) is 0 Å². The molecule has 0 aromatic carbocycles. The monoisotopic (exact) mass is 279 g/mol. The van der Waals surface area contributed by atoms with Gasteiger partial charge in [-0.25, -0.2) is 0 Å². The Morgan fingerprint density at radius 1 is 1.25 bits per heavy atom. The number of hydrogen-bond donors (Lipinski definition) is 1. The fourth-order valence-electron chi connectivity index (χ4n) is 3.96. The molecular weight excluding hydrogens is 254 g/mol. The Labute approximate surface area is 120 Å². The van der Waals surface area contributed by atoms with Crippen LogP contribution in [0, 0.1) is 11.3 Å². The van der Waals surface area contributed by atoms with E-state index < -0.39 is 5.54 Å². The molecule has 0 bridgehead atoms. The fourth-order valence-corrected chi connectivity index (χ4v) is 3.96. The molecule has 3 rings (SSSR count). The number of nitrogens with one attached hydrogen (secondary N) is 1. The van der Waals surface area contributed by atoms with Crippen molar-refractivity contribution in [3.05, 3.63) is 0 Å². The van der Waals surface area contributed by atoms with Gasteiger partial charge in [-0.15, -0.1) is 0 Å². The first kappa shape index (κ1) is 13.9. The Morgan fingerprint density at radius 3 is 2.55 bits per heavy atom. The van der Waals surface area contributed by atoms with E-state index in [2.05, 4.69) is 5.32 Å². The topological polar surface area (TPSA) is 52.6 Å². The minimum atomic E-state index is -0.694. The molecular formula is C15H25N3O2. The van der Waals surface area contributed by atoms with Crippen LogP contribution < -0.4 is 5.32 Å². The first-order chi connectivity index (χ1) is 9.38. The van der Waals surface area contributed by atoms with Gasteiger partial charge in [0.15, 0.2) is 0 Å². The van der Waals surface area contributed by atoms with Crippen molar-refractivity contribution in [1.82, 2.24) is 15.1 Å². The first-order valence-corrected chi connectivity index (χ1v) is 7.66. The molecule has 1 aliphatic carbocycles. The second kappa shape index (κ2) is 4.45. The van der Waals surface area contributed by atoms with Gasteiger partial charge in [0.05, 0.1) is 0 Å². The molecule has 5 heteroatoms. The Morgan fingerprint density at radius 2 is 1.90 bits per heavy atom. The number of piperidine rings is 1. The summed E-state index contributed by atoms with van der Waals surface area (Å²) in [5, 5.41) is 3.36. The lowest BCUT2D eigenvalue weighted by molar-refractivity contribution is -0.158. The van der Waals surface area contributed by atoms with Crippen molar-refractivity contribution in [1.29, 1.82) is 0 Å². The van der Waals surface area contributed by atoms with Gasteiger partial charge >= 0.3 is 0 Å². The van der Waals surface area contributed by atoms with Crippen LogP contribution in [0.1, 0.15) is 33.1 Å². The van der Waals surface area contributed by atoms with E-state index in [1.165, 1.54) is 0 Å². The molecule has 20 heavy (non-hydrogen) atoms. The highest BCUT2D eigenvalue weighted by atomic mass is 16.2. The van der Waals surface area contributed by atoms with Gasteiger partial charge in [0.1, 0.15) is 5.54 Å². The summed E-state index contributed by atoms with van der Waals surface area (Å²) >= 11 is 0. The highest BCUT2D eigenvalue weighted by Gasteiger charge is 2.60. The third kappa shape index (κ3) is 1.94. The molecule has 5 nitrogen and oxygen atoms in total. The Hall–Kier alpha value is -1.10. The number of piperazine rings is 1. The van der Waals surface area contributed by atoms with E-state index in [0.29, 0.717) is 13.1 Å². The number of amides is 2. The van der Waals surface area contributed by atoms with Gasteiger partial charge in [-0.3, -0.25) is 9.59 Å². The van der Waals surface area contributed by atoms with Gasteiger partial charge in [-0.05, 0) is 51.6 Å². The van der Waals surface area contributed by atoms with E-state index in [9.17, 15) is 9.59 Å². The highest BCUT2D eigenvalue weighted by molar-refractivity contribution is 5.93. The van der Waals surface area contributed by atoms with Crippen molar-refractivity contribution in [3.63, 3.8) is 0 Å². The lowest BCUT2D eigenvalue weighted by Gasteiger charge is -2.45. The number of likely N-dealkylation sites (N-methyl/N-ethyl adjacent to an activating group) is 1. The first-order valence-electron chi connectivity index (χ1n) is 7.66. The predicted octanol–water partition coefficient (Wildman–Crippen LogP) is 0.455. The third-order valence-electron chi connectivity index (χ3n) is 5.56. The van der Waals surface area contributed by atoms with E-state index >= 15 is 0 Å². The molecule has 1 N–H and O–H groups in total. The van der Waals surface area contributed by atoms with Crippen LogP contribution in [0.15, 0.2) is 0 Å². The molecule has 2 aliphatic heterocycles. The van der Waals surface area contributed by atoms with Crippen LogP contribution >= 0.6 is 0 Å². The Bertz CT molecular complexity index is 440. The number of carbonyl (C=O) groups excluding carboxylic acids is 2. The van der Waals surface area contributed by atoms with Crippen LogP contribution in [-0.4, -0.2) is 60.4 Å². The second-order valence-corrected chi connectivity index (χ2v) is 7.14. The Balaban J connectivity index is 1.73. The number of rotatable bonds is 1. The summed E-state index contributed by atoms with van der Waals surface area (Å²) in [7, 11) is 1.82. The maximum atomic E-state index is 12.8. The molecule has 3 aliphatic rings. The second-order valence-electron chi connectivity index (χ2n) is 7.14. The van der Waals surface area contributed by atoms with Crippen LogP contribution in [0.5, 0.6) is 0 Å². The van der Waals surface area contributed by atoms with Crippen LogP contribution in [0.4, 0.5) is 0 Å². The summed E-state index contributed by atoms with van der Waals surface area (Å²) in [6, 6.07) is 0. The molecule has 0 aromatic heterocycles. The van der Waals surface area contributed by atoms with E-state index in [1.807, 2.05) is 25.8 Å². The maximum Gasteiger partial charge on any atom is 0.247 e. The number of carbonyl (C=O) groups is 2. The summed E-state index contributed by atoms with van der Waals surface area (Å²) in [5.41, 5.74) is -0.453. The van der Waals surface area contributed by atoms with Gasteiger partial charge in [-0.2, -0.15) is 0 Å². The lowest BCUT2D eigenvalue weighted by atomic mass is 9.90. The van der Waals surface area contributed by atoms with Crippen LogP contribution in [0.3, 0.4) is 0 Å². The molecule has 0 unspecified atom stereocenters. The predicted molar refractivity (Wildman–Crippen MR) is 76.1 cm³/mol. The van der Waals surface area contributed by atoms with Crippen molar-refractivity contribution in [2.75, 3.05) is 33.2 Å². The van der Waals surface area contributed by atoms with Crippen molar-refractivity contribution in [2.24, 2.45) is 11.3 Å². The molecule has 0 aromatic rings. The Kier molecular flexibility index (Phi) is 3.08. The number of nitrogens with zero attached hydrogens (tertiary/aromatic N) is 2. The quantitative estimate of drug-likeness (QED) is 0.758. The van der Waals surface area contributed by atoms with Gasteiger partial charge in [0, 0.05) is 26.1 Å². The molecule has 1 spiro atoms. The van der Waals surface area contributed by atoms with Gasteiger partial charge in [-0.1, -0.05) is 0 Å². The van der Waals surface area contributed by atoms with Crippen molar-refractivity contribution in [3.8, 4) is 0 Å². The SMILES string of the molecule is CN1CCN(C(=O)[C@@H]2CC23CCNCC3)C(C)(C)C1=O. The zero-order valence-electron chi connectivity index (χ0n) is 12.7. The summed E-state index contributed by atoms with van der Waals surface area (Å²) in [6.07, 6.45) is 3.22. The molecule has 3 fully saturated rings. The van der Waals surface area contributed by atoms with Crippen molar-refractivity contribution >= 4 is 11.8 Å². The van der Waals surface area contributed by atoms with Gasteiger partial charge in [0.25, 0.3) is 0 Å². The third-order valence-corrected chi connectivity index (χ3v) is 5.56. The molecule has 2 heterocycles. The standard InChI is InChI=1S/C15H25N3O2/c1-14(2)13(20)17(3)8-9-18(14)12(19)11-10-15(11)4-6-16-7-5-15/h11,16H,4-10H2,1-3H3/t11-/m0/s1. The maximum absolute atomic E-state index is 12.8. The van der Waals surface area contributed by atoms with E-state index in [0.717, 1.165) is 32.4 Å². The zero-order valence-corrected chi connectivity index (χ0v) is 12.7. The molecule has 2 amide bonds. The summed E-state index contributed by atoms with van der Waals surface area (Å²) in [5.74, 6) is 0.413. The van der Waals surface area contributed by atoms with Crippen molar-refractivity contribution < 1.29 is 9.59 Å². The van der Waals surface area contributed by atoms with Crippen molar-refractivity contribution in [2.45, 2.75) is 38.6 Å². The van der Waals surface area contributed by atoms with E-state index in [1.54, 1.807) is 4.90 Å². The summed E-state index contributed by atoms with van der Waals surface area (Å²) < 4.78 is 0. The molecule has 2 saturated heterocycles. The van der Waals surface area contributed by atoms with Crippen LogP contribution in [-0.2, 0) is 9.59 Å². The minimum absolute atomic E-state index is 0.0529. The average molecular weight is 279 g/mol. The average Bonchev–Trinajstić information content (AvgIpc) is 3.10. The van der Waals surface area contributed by atoms with Crippen LogP contribution in [0.2, 0.25) is 0 Å². The molecule has 1 atom stereocenters. The smallest absolute Gasteiger partial charge is 0.247 e. The highest BCUT2D eigenvalue weighted by Crippen LogP contribution is 2.59. The largest absolute Gasteiger partial charge is 0.342 e. The molecule has 112 valence electrons. The fraction of sp³-hybridized carbons (Fsp3) is 0.867. The van der Waals surface area contributed by atoms with Gasteiger partial charge in [0.2, 0.25) is 11.8 Å². The van der Waals surface area contributed by atoms with E-state index in [-0.39, 0.29) is 23.1 Å². The minimum Gasteiger partial charge on any atom is -0.342 e. The lowest BCUT2D eigenvalue weighted by Crippen LogP contribution is -2.64. The van der Waals surface area contributed by atoms with E-state index in [4.69, 9.17) is 0 Å². The van der Waals surface area contributed by atoms with Gasteiger partial charge < -0.3 is 15.1 Å². The molecule has 1 saturated carbocycles. The summed E-state index contributed by atoms with van der Waals surface area (Å²) in [6.45, 7) is 7.11.